The van der Waals surface area contributed by atoms with Gasteiger partial charge >= 0.3 is 5.97 Å². The lowest BCUT2D eigenvalue weighted by Gasteiger charge is -2.10. The van der Waals surface area contributed by atoms with Crippen LogP contribution in [0.25, 0.3) is 0 Å². The number of nitrogens with one attached hydrogen (secondary N) is 1. The first kappa shape index (κ1) is 12.6. The van der Waals surface area contributed by atoms with Crippen LogP contribution in [-0.4, -0.2) is 29.7 Å². The maximum Gasteiger partial charge on any atom is 0.339 e. The van der Waals surface area contributed by atoms with Crippen LogP contribution in [0.3, 0.4) is 0 Å². The zero-order valence-corrected chi connectivity index (χ0v) is 11.2. The number of carboxylic acid groups (broad SMARTS) is 1. The highest BCUT2D eigenvalue weighted by Gasteiger charge is 2.30. The number of carboxylic acids is 1. The van der Waals surface area contributed by atoms with Crippen LogP contribution in [0, 0.1) is 0 Å². The fraction of sp³-hybridized carbons (Fsp3) is 0.538. The maximum absolute atomic E-state index is 12.0. The molecular formula is C13H15NO4S. The number of amides is 1. The van der Waals surface area contributed by atoms with Crippen molar-refractivity contribution in [2.45, 2.75) is 38.2 Å². The molecule has 1 aromatic rings. The number of carbonyl (C=O) groups excluding carboxylic acids is 1. The molecule has 2 aliphatic rings. The molecule has 2 N–H and O–H groups in total. The molecule has 102 valence electrons. The maximum atomic E-state index is 12.0. The van der Waals surface area contributed by atoms with Gasteiger partial charge in [-0.2, -0.15) is 0 Å². The number of fused-ring (bicyclic) bond motifs is 1. The van der Waals surface area contributed by atoms with E-state index in [-0.39, 0.29) is 11.5 Å². The Hall–Kier alpha value is -1.40. The summed E-state index contributed by atoms with van der Waals surface area (Å²) in [5.41, 5.74) is 1.18. The highest BCUT2D eigenvalue weighted by molar-refractivity contribution is 7.17. The quantitative estimate of drug-likeness (QED) is 0.889. The van der Waals surface area contributed by atoms with Crippen LogP contribution in [-0.2, 0) is 22.4 Å². The van der Waals surface area contributed by atoms with Gasteiger partial charge in [0.1, 0.15) is 11.1 Å². The van der Waals surface area contributed by atoms with Crippen molar-refractivity contribution in [3.63, 3.8) is 0 Å². The van der Waals surface area contributed by atoms with E-state index in [9.17, 15) is 14.7 Å². The Morgan fingerprint density at radius 2 is 2.16 bits per heavy atom. The lowest BCUT2D eigenvalue weighted by molar-refractivity contribution is -0.124. The predicted octanol–water partition coefficient (Wildman–Crippen LogP) is 2.05. The van der Waals surface area contributed by atoms with Gasteiger partial charge in [0.15, 0.2) is 0 Å². The van der Waals surface area contributed by atoms with Gasteiger partial charge in [-0.25, -0.2) is 4.79 Å². The van der Waals surface area contributed by atoms with Gasteiger partial charge in [-0.15, -0.1) is 11.3 Å². The van der Waals surface area contributed by atoms with Gasteiger partial charge in [-0.1, -0.05) is 0 Å². The molecule has 19 heavy (non-hydrogen) atoms. The van der Waals surface area contributed by atoms with Gasteiger partial charge in [-0.05, 0) is 37.7 Å². The summed E-state index contributed by atoms with van der Waals surface area (Å²) < 4.78 is 5.31. The van der Waals surface area contributed by atoms with E-state index in [4.69, 9.17) is 4.74 Å². The van der Waals surface area contributed by atoms with Crippen molar-refractivity contribution in [1.29, 1.82) is 0 Å². The van der Waals surface area contributed by atoms with Crippen LogP contribution in [0.15, 0.2) is 0 Å². The first-order chi connectivity index (χ1) is 9.16. The summed E-state index contributed by atoms with van der Waals surface area (Å²) in [6.07, 6.45) is 3.86. The second-order valence-corrected chi connectivity index (χ2v) is 5.96. The predicted molar refractivity (Wildman–Crippen MR) is 70.9 cm³/mol. The molecule has 1 aliphatic heterocycles. The number of rotatable bonds is 3. The van der Waals surface area contributed by atoms with Crippen molar-refractivity contribution in [2.75, 3.05) is 11.9 Å². The second kappa shape index (κ2) is 4.94. The molecule has 3 rings (SSSR count). The van der Waals surface area contributed by atoms with Crippen molar-refractivity contribution in [3.05, 3.63) is 16.0 Å². The Kier molecular flexibility index (Phi) is 3.28. The number of hydrogen-bond acceptors (Lipinski definition) is 4. The molecule has 1 aliphatic carbocycles. The molecule has 0 aromatic carbocycles. The number of hydrogen-bond donors (Lipinski definition) is 2. The molecule has 0 radical (unpaired) electrons. The van der Waals surface area contributed by atoms with E-state index >= 15 is 0 Å². The fourth-order valence-corrected chi connectivity index (χ4v) is 3.98. The molecule has 0 bridgehead atoms. The number of anilines is 1. The monoisotopic (exact) mass is 281 g/mol. The Labute approximate surface area is 114 Å². The Morgan fingerprint density at radius 1 is 1.32 bits per heavy atom. The number of aryl methyl sites for hydroxylation is 1. The van der Waals surface area contributed by atoms with Gasteiger partial charge in [0.05, 0.1) is 5.56 Å². The minimum absolute atomic E-state index is 0.222. The van der Waals surface area contributed by atoms with Gasteiger partial charge in [-0.3, -0.25) is 4.79 Å². The van der Waals surface area contributed by atoms with Gasteiger partial charge in [0.25, 0.3) is 5.91 Å². The van der Waals surface area contributed by atoms with Crippen molar-refractivity contribution in [2.24, 2.45) is 0 Å². The molecule has 0 spiro atoms. The first-order valence-electron chi connectivity index (χ1n) is 6.47. The lowest BCUT2D eigenvalue weighted by atomic mass is 10.1. The average molecular weight is 281 g/mol. The van der Waals surface area contributed by atoms with Gasteiger partial charge < -0.3 is 15.2 Å². The van der Waals surface area contributed by atoms with Crippen molar-refractivity contribution >= 4 is 28.2 Å². The largest absolute Gasteiger partial charge is 0.478 e. The van der Waals surface area contributed by atoms with Crippen molar-refractivity contribution in [3.8, 4) is 0 Å². The van der Waals surface area contributed by atoms with Crippen LogP contribution >= 0.6 is 11.3 Å². The smallest absolute Gasteiger partial charge is 0.339 e. The number of aromatic carboxylic acids is 1. The van der Waals surface area contributed by atoms with Gasteiger partial charge in [0, 0.05) is 11.5 Å². The summed E-state index contributed by atoms with van der Waals surface area (Å²) in [6.45, 7) is 0.602. The third kappa shape index (κ3) is 2.26. The third-order valence-electron chi connectivity index (χ3n) is 3.59. The Morgan fingerprint density at radius 3 is 2.84 bits per heavy atom. The molecule has 1 amide bonds. The number of carbonyl (C=O) groups is 2. The molecule has 1 fully saturated rings. The van der Waals surface area contributed by atoms with E-state index in [1.807, 2.05) is 0 Å². The topological polar surface area (TPSA) is 75.6 Å². The van der Waals surface area contributed by atoms with Crippen LogP contribution in [0.5, 0.6) is 0 Å². The van der Waals surface area contributed by atoms with E-state index in [1.165, 1.54) is 11.3 Å². The zero-order chi connectivity index (χ0) is 13.4. The zero-order valence-electron chi connectivity index (χ0n) is 10.4. The standard InChI is InChI=1S/C13H15NO4S/c15-11(8-4-2-6-18-8)14-12-10(13(16)17)7-3-1-5-9(7)19-12/h8H,1-6H2,(H,14,15)(H,16,17)/t8-/m0/s1. The summed E-state index contributed by atoms with van der Waals surface area (Å²) >= 11 is 1.40. The average Bonchev–Trinajstić information content (AvgIpc) is 3.03. The van der Waals surface area contributed by atoms with Gasteiger partial charge in [0.2, 0.25) is 0 Å². The minimum Gasteiger partial charge on any atom is -0.478 e. The highest BCUT2D eigenvalue weighted by atomic mass is 32.1. The summed E-state index contributed by atoms with van der Waals surface area (Å²) in [7, 11) is 0. The van der Waals surface area contributed by atoms with E-state index < -0.39 is 12.1 Å². The minimum atomic E-state index is -0.956. The molecule has 5 nitrogen and oxygen atoms in total. The molecule has 0 unspecified atom stereocenters. The van der Waals surface area contributed by atoms with E-state index in [0.29, 0.717) is 18.0 Å². The molecule has 0 saturated carbocycles. The van der Waals surface area contributed by atoms with Crippen LogP contribution in [0.2, 0.25) is 0 Å². The van der Waals surface area contributed by atoms with E-state index in [0.717, 1.165) is 36.1 Å². The summed E-state index contributed by atoms with van der Waals surface area (Å²) in [5, 5.41) is 12.5. The van der Waals surface area contributed by atoms with E-state index in [2.05, 4.69) is 5.32 Å². The second-order valence-electron chi connectivity index (χ2n) is 4.86. The van der Waals surface area contributed by atoms with Crippen LogP contribution < -0.4 is 5.32 Å². The van der Waals surface area contributed by atoms with Crippen molar-refractivity contribution < 1.29 is 19.4 Å². The number of thiophene rings is 1. The van der Waals surface area contributed by atoms with E-state index in [1.54, 1.807) is 0 Å². The molecular weight excluding hydrogens is 266 g/mol. The summed E-state index contributed by atoms with van der Waals surface area (Å²) in [6, 6.07) is 0. The summed E-state index contributed by atoms with van der Waals surface area (Å²) in [4.78, 5) is 24.5. The third-order valence-corrected chi connectivity index (χ3v) is 4.80. The highest BCUT2D eigenvalue weighted by Crippen LogP contribution is 2.39. The van der Waals surface area contributed by atoms with Crippen LogP contribution in [0.4, 0.5) is 5.00 Å². The lowest BCUT2D eigenvalue weighted by Crippen LogP contribution is -2.27. The fourth-order valence-electron chi connectivity index (χ4n) is 2.70. The SMILES string of the molecule is O=C(O)c1c(NC(=O)[C@@H]2CCCO2)sc2c1CCC2. The number of ether oxygens (including phenoxy) is 1. The normalized spacial score (nSPS) is 21.4. The Balaban J connectivity index is 1.84. The molecule has 2 heterocycles. The van der Waals surface area contributed by atoms with Crippen molar-refractivity contribution in [1.82, 2.24) is 0 Å². The molecule has 1 saturated heterocycles. The van der Waals surface area contributed by atoms with Crippen LogP contribution in [0.1, 0.15) is 40.1 Å². The Bertz CT molecular complexity index is 531. The molecule has 6 heteroatoms. The molecule has 1 aromatic heterocycles. The summed E-state index contributed by atoms with van der Waals surface area (Å²) in [5.74, 6) is -1.18. The molecule has 1 atom stereocenters. The first-order valence-corrected chi connectivity index (χ1v) is 7.29.